The van der Waals surface area contributed by atoms with E-state index in [4.69, 9.17) is 0 Å². The van der Waals surface area contributed by atoms with Crippen LogP contribution in [0.2, 0.25) is 0 Å². The van der Waals surface area contributed by atoms with E-state index in [1.165, 1.54) is 0 Å². The van der Waals surface area contributed by atoms with Gasteiger partial charge in [0.1, 0.15) is 5.56 Å². The molecule has 0 aliphatic carbocycles. The highest BCUT2D eigenvalue weighted by Gasteiger charge is 2.32. The Morgan fingerprint density at radius 2 is 1.48 bits per heavy atom. The normalized spacial score (nSPS) is 13.9. The van der Waals surface area contributed by atoms with Gasteiger partial charge in [-0.05, 0) is 19.8 Å². The third kappa shape index (κ3) is 3.53. The lowest BCUT2D eigenvalue weighted by molar-refractivity contribution is 0.0889. The lowest BCUT2D eigenvalue weighted by Gasteiger charge is -2.29. The maximum Gasteiger partial charge on any atom is 0.257 e. The number of halogens is 6. The second-order valence-electron chi connectivity index (χ2n) is 4.75. The van der Waals surface area contributed by atoms with Gasteiger partial charge in [-0.3, -0.25) is 4.79 Å². The summed E-state index contributed by atoms with van der Waals surface area (Å²) in [7, 11) is 0. The molecule has 8 heteroatoms. The van der Waals surface area contributed by atoms with Crippen molar-refractivity contribution < 1.29 is 26.7 Å². The molecule has 0 saturated heterocycles. The van der Waals surface area contributed by atoms with Crippen LogP contribution < -0.4 is 5.32 Å². The van der Waals surface area contributed by atoms with Gasteiger partial charge >= 0.3 is 0 Å². The summed E-state index contributed by atoms with van der Waals surface area (Å²) >= 11 is 3.16. The molecule has 21 heavy (non-hydrogen) atoms. The Morgan fingerprint density at radius 1 is 1.05 bits per heavy atom. The lowest BCUT2D eigenvalue weighted by Crippen LogP contribution is -2.46. The molecule has 1 aromatic carbocycles. The van der Waals surface area contributed by atoms with Crippen molar-refractivity contribution in [1.29, 1.82) is 0 Å². The zero-order valence-corrected chi connectivity index (χ0v) is 12.9. The Bertz CT molecular complexity index is 537. The average molecular weight is 374 g/mol. The molecule has 2 nitrogen and oxygen atoms in total. The number of carbonyl (C=O) groups excluding carboxylic acids is 1. The van der Waals surface area contributed by atoms with E-state index in [9.17, 15) is 26.7 Å². The maximum absolute atomic E-state index is 13.5. The van der Waals surface area contributed by atoms with E-state index >= 15 is 0 Å². The minimum atomic E-state index is -2.29. The maximum atomic E-state index is 13.5. The van der Waals surface area contributed by atoms with Crippen LogP contribution in [-0.4, -0.2) is 16.8 Å². The molecule has 0 spiro atoms. The fourth-order valence-corrected chi connectivity index (χ4v) is 2.55. The van der Waals surface area contributed by atoms with Crippen molar-refractivity contribution in [2.75, 3.05) is 5.33 Å². The quantitative estimate of drug-likeness (QED) is 0.358. The van der Waals surface area contributed by atoms with Gasteiger partial charge in [0, 0.05) is 10.9 Å². The summed E-state index contributed by atoms with van der Waals surface area (Å²) in [5.74, 6) is -12.2. The lowest BCUT2D eigenvalue weighted by atomic mass is 9.95. The van der Waals surface area contributed by atoms with Crippen molar-refractivity contribution in [3.8, 4) is 0 Å². The molecule has 0 saturated carbocycles. The fourth-order valence-electron chi connectivity index (χ4n) is 1.68. The summed E-state index contributed by atoms with van der Waals surface area (Å²) in [6.07, 6.45) is 0.838. The minimum absolute atomic E-state index is 0.416. The molecule has 1 aromatic rings. The van der Waals surface area contributed by atoms with Crippen LogP contribution in [0.15, 0.2) is 0 Å². The summed E-state index contributed by atoms with van der Waals surface area (Å²) in [5, 5.41) is 2.81. The Kier molecular flexibility index (Phi) is 5.72. The average Bonchev–Trinajstić information content (AvgIpc) is 2.43. The topological polar surface area (TPSA) is 29.1 Å². The van der Waals surface area contributed by atoms with Crippen molar-refractivity contribution in [1.82, 2.24) is 5.32 Å². The molecule has 0 fully saturated rings. The number of hydrogen-bond acceptors (Lipinski definition) is 1. The highest BCUT2D eigenvalue weighted by Crippen LogP contribution is 2.24. The predicted molar refractivity (Wildman–Crippen MR) is 70.8 cm³/mol. The van der Waals surface area contributed by atoms with Gasteiger partial charge < -0.3 is 5.32 Å². The first-order chi connectivity index (χ1) is 9.68. The Labute approximate surface area is 126 Å². The zero-order chi connectivity index (χ0) is 16.4. The first-order valence-corrected chi connectivity index (χ1v) is 7.20. The first-order valence-electron chi connectivity index (χ1n) is 6.08. The summed E-state index contributed by atoms with van der Waals surface area (Å²) in [6, 6.07) is 0. The number of nitrogens with one attached hydrogen (secondary N) is 1. The molecule has 1 atom stereocenters. The number of benzene rings is 1. The molecule has 0 aliphatic heterocycles. The molecule has 0 bridgehead atoms. The highest BCUT2D eigenvalue weighted by atomic mass is 79.9. The number of alkyl halides is 1. The van der Waals surface area contributed by atoms with E-state index in [1.807, 2.05) is 0 Å². The molecule has 0 aliphatic rings. The van der Waals surface area contributed by atoms with Gasteiger partial charge in [-0.1, -0.05) is 22.9 Å². The molecule has 1 N–H and O–H groups in total. The molecule has 1 unspecified atom stereocenters. The van der Waals surface area contributed by atoms with Crippen LogP contribution in [-0.2, 0) is 0 Å². The van der Waals surface area contributed by atoms with Gasteiger partial charge in [0.25, 0.3) is 5.91 Å². The van der Waals surface area contributed by atoms with Crippen LogP contribution in [0.3, 0.4) is 0 Å². The third-order valence-electron chi connectivity index (χ3n) is 3.28. The van der Waals surface area contributed by atoms with Crippen LogP contribution in [0, 0.1) is 29.1 Å². The van der Waals surface area contributed by atoms with Crippen LogP contribution in [0.5, 0.6) is 0 Å². The third-order valence-corrected chi connectivity index (χ3v) is 3.68. The second kappa shape index (κ2) is 6.72. The SMILES string of the molecule is CCC(C)(CCBr)NC(=O)c1c(F)c(F)c(F)c(F)c1F. The molecule has 0 heterocycles. The molecular formula is C13H13BrF5NO. The van der Waals surface area contributed by atoms with Gasteiger partial charge in [-0.2, -0.15) is 0 Å². The van der Waals surface area contributed by atoms with Gasteiger partial charge in [0.2, 0.25) is 5.82 Å². The van der Waals surface area contributed by atoms with Gasteiger partial charge in [0.15, 0.2) is 23.3 Å². The highest BCUT2D eigenvalue weighted by molar-refractivity contribution is 9.09. The molecule has 0 aromatic heterocycles. The van der Waals surface area contributed by atoms with E-state index in [-0.39, 0.29) is 0 Å². The van der Waals surface area contributed by atoms with E-state index in [2.05, 4.69) is 21.2 Å². The van der Waals surface area contributed by atoms with Crippen molar-refractivity contribution in [3.05, 3.63) is 34.6 Å². The first kappa shape index (κ1) is 17.9. The van der Waals surface area contributed by atoms with Gasteiger partial charge in [0.05, 0.1) is 0 Å². The van der Waals surface area contributed by atoms with Crippen LogP contribution in [0.1, 0.15) is 37.0 Å². The van der Waals surface area contributed by atoms with Crippen molar-refractivity contribution in [2.24, 2.45) is 0 Å². The van der Waals surface area contributed by atoms with Crippen LogP contribution >= 0.6 is 15.9 Å². The molecule has 118 valence electrons. The van der Waals surface area contributed by atoms with Gasteiger partial charge in [-0.15, -0.1) is 0 Å². The number of amides is 1. The molecule has 1 rings (SSSR count). The number of rotatable bonds is 5. The van der Waals surface area contributed by atoms with E-state index < -0.39 is 46.1 Å². The summed E-state index contributed by atoms with van der Waals surface area (Å²) in [6.45, 7) is 3.33. The van der Waals surface area contributed by atoms with Crippen molar-refractivity contribution in [2.45, 2.75) is 32.2 Å². The van der Waals surface area contributed by atoms with E-state index in [0.717, 1.165) is 0 Å². The van der Waals surface area contributed by atoms with Crippen LogP contribution in [0.25, 0.3) is 0 Å². The Balaban J connectivity index is 3.26. The molecule has 0 radical (unpaired) electrons. The zero-order valence-electron chi connectivity index (χ0n) is 11.3. The monoisotopic (exact) mass is 373 g/mol. The second-order valence-corrected chi connectivity index (χ2v) is 5.55. The fraction of sp³-hybridized carbons (Fsp3) is 0.462. The molecule has 1 amide bonds. The largest absolute Gasteiger partial charge is 0.347 e. The predicted octanol–water partition coefficient (Wildman–Crippen LogP) is 4.07. The van der Waals surface area contributed by atoms with Crippen molar-refractivity contribution in [3.63, 3.8) is 0 Å². The number of hydrogen-bond donors (Lipinski definition) is 1. The minimum Gasteiger partial charge on any atom is -0.347 e. The molecular weight excluding hydrogens is 361 g/mol. The Morgan fingerprint density at radius 3 is 1.86 bits per heavy atom. The Hall–Kier alpha value is -1.18. The summed E-state index contributed by atoms with van der Waals surface area (Å²) in [4.78, 5) is 11.9. The van der Waals surface area contributed by atoms with Crippen LogP contribution in [0.4, 0.5) is 22.0 Å². The number of carbonyl (C=O) groups is 1. The summed E-state index contributed by atoms with van der Waals surface area (Å²) < 4.78 is 66.1. The van der Waals surface area contributed by atoms with E-state index in [0.29, 0.717) is 18.2 Å². The standard InChI is InChI=1S/C13H13BrF5NO/c1-3-13(2,4-5-14)20-12(21)6-7(15)9(17)11(19)10(18)8(6)16/h3-5H2,1-2H3,(H,20,21). The smallest absolute Gasteiger partial charge is 0.257 e. The van der Waals surface area contributed by atoms with Gasteiger partial charge in [-0.25, -0.2) is 22.0 Å². The van der Waals surface area contributed by atoms with E-state index in [1.54, 1.807) is 13.8 Å². The van der Waals surface area contributed by atoms with Crippen molar-refractivity contribution >= 4 is 21.8 Å². The summed E-state index contributed by atoms with van der Waals surface area (Å²) in [5.41, 5.74) is -2.30.